The van der Waals surface area contributed by atoms with Crippen molar-refractivity contribution in [2.75, 3.05) is 18.6 Å². The van der Waals surface area contributed by atoms with E-state index in [1.165, 1.54) is 4.90 Å². The SMILES string of the molecule is COc1ccc2[nH]c3c(c2c1)CCN1C(=O)N(c2ccccc2C(=O)NC2CCCC2)C(=O)C31C. The number of carbonyl (C=O) groups excluding carboxylic acids is 3. The van der Waals surface area contributed by atoms with Crippen LogP contribution >= 0.6 is 0 Å². The molecule has 180 valence electrons. The summed E-state index contributed by atoms with van der Waals surface area (Å²) in [5.74, 6) is 0.133. The van der Waals surface area contributed by atoms with Crippen LogP contribution in [0.5, 0.6) is 5.75 Å². The van der Waals surface area contributed by atoms with Crippen LogP contribution in [0.15, 0.2) is 42.5 Å². The number of ether oxygens (including phenoxy) is 1. The zero-order chi connectivity index (χ0) is 24.3. The van der Waals surface area contributed by atoms with Crippen LogP contribution in [0, 0.1) is 0 Å². The molecule has 1 saturated heterocycles. The van der Waals surface area contributed by atoms with Crippen molar-refractivity contribution in [2.45, 2.75) is 50.6 Å². The zero-order valence-electron chi connectivity index (χ0n) is 19.9. The maximum Gasteiger partial charge on any atom is 0.332 e. The van der Waals surface area contributed by atoms with Crippen LogP contribution in [0.1, 0.15) is 54.2 Å². The molecule has 0 spiro atoms. The molecule has 35 heavy (non-hydrogen) atoms. The van der Waals surface area contributed by atoms with Crippen molar-refractivity contribution in [1.29, 1.82) is 0 Å². The Morgan fingerprint density at radius 3 is 2.69 bits per heavy atom. The van der Waals surface area contributed by atoms with E-state index in [1.54, 1.807) is 43.2 Å². The number of nitrogens with zero attached hydrogens (tertiary/aromatic N) is 2. The van der Waals surface area contributed by atoms with E-state index in [2.05, 4.69) is 10.3 Å². The third kappa shape index (κ3) is 3.08. The van der Waals surface area contributed by atoms with Crippen LogP contribution in [-0.4, -0.2) is 47.4 Å². The average Bonchev–Trinajstić information content (AvgIpc) is 3.56. The van der Waals surface area contributed by atoms with Gasteiger partial charge >= 0.3 is 6.03 Å². The van der Waals surface area contributed by atoms with Crippen molar-refractivity contribution in [3.63, 3.8) is 0 Å². The highest BCUT2D eigenvalue weighted by molar-refractivity contribution is 6.25. The van der Waals surface area contributed by atoms with Gasteiger partial charge in [0, 0.05) is 23.5 Å². The van der Waals surface area contributed by atoms with Crippen molar-refractivity contribution >= 4 is 34.4 Å². The largest absolute Gasteiger partial charge is 0.497 e. The molecule has 3 aromatic rings. The monoisotopic (exact) mass is 472 g/mol. The van der Waals surface area contributed by atoms with Crippen molar-refractivity contribution in [3.8, 4) is 5.75 Å². The number of carbonyl (C=O) groups is 3. The van der Waals surface area contributed by atoms with Gasteiger partial charge in [-0.3, -0.25) is 9.59 Å². The summed E-state index contributed by atoms with van der Waals surface area (Å²) in [5, 5.41) is 4.08. The molecule has 8 nitrogen and oxygen atoms in total. The van der Waals surface area contributed by atoms with Gasteiger partial charge in [-0.2, -0.15) is 0 Å². The number of aromatic nitrogens is 1. The Bertz CT molecular complexity index is 1370. The Hall–Kier alpha value is -3.81. The van der Waals surface area contributed by atoms with Crippen molar-refractivity contribution in [2.24, 2.45) is 0 Å². The lowest BCUT2D eigenvalue weighted by Crippen LogP contribution is -2.49. The van der Waals surface area contributed by atoms with E-state index >= 15 is 0 Å². The zero-order valence-corrected chi connectivity index (χ0v) is 19.9. The van der Waals surface area contributed by atoms with Crippen LogP contribution < -0.4 is 15.0 Å². The predicted molar refractivity (Wildman–Crippen MR) is 132 cm³/mol. The van der Waals surface area contributed by atoms with Crippen LogP contribution in [0.4, 0.5) is 10.5 Å². The predicted octanol–water partition coefficient (Wildman–Crippen LogP) is 4.09. The summed E-state index contributed by atoms with van der Waals surface area (Å²) in [7, 11) is 1.63. The topological polar surface area (TPSA) is 94.7 Å². The number of para-hydroxylation sites is 1. The minimum Gasteiger partial charge on any atom is -0.497 e. The van der Waals surface area contributed by atoms with E-state index in [0.717, 1.165) is 53.6 Å². The number of methoxy groups -OCH3 is 1. The molecule has 1 atom stereocenters. The molecule has 2 N–H and O–H groups in total. The van der Waals surface area contributed by atoms with Gasteiger partial charge in [0.05, 0.1) is 24.1 Å². The molecule has 3 heterocycles. The van der Waals surface area contributed by atoms with Gasteiger partial charge < -0.3 is 19.9 Å². The van der Waals surface area contributed by atoms with Gasteiger partial charge in [-0.05, 0) is 62.1 Å². The number of nitrogens with one attached hydrogen (secondary N) is 2. The third-order valence-electron chi connectivity index (χ3n) is 7.85. The summed E-state index contributed by atoms with van der Waals surface area (Å²) in [6.07, 6.45) is 4.72. The molecule has 0 bridgehead atoms. The summed E-state index contributed by atoms with van der Waals surface area (Å²) >= 11 is 0. The standard InChI is InChI=1S/C27H28N4O4/c1-27-23-18(20-15-17(35-2)11-12-21(20)29-23)13-14-30(27)26(34)31(25(27)33)22-10-6-5-9-19(22)24(32)28-16-7-3-4-8-16/h5-6,9-12,15-16,29H,3-4,7-8,13-14H2,1-2H3,(H,28,32). The van der Waals surface area contributed by atoms with Gasteiger partial charge in [0.2, 0.25) is 0 Å². The Morgan fingerprint density at radius 1 is 1.14 bits per heavy atom. The Balaban J connectivity index is 1.41. The number of amides is 4. The van der Waals surface area contributed by atoms with Gasteiger partial charge in [0.15, 0.2) is 5.54 Å². The lowest BCUT2D eigenvalue weighted by Gasteiger charge is -2.35. The summed E-state index contributed by atoms with van der Waals surface area (Å²) in [6.45, 7) is 2.20. The second-order valence-electron chi connectivity index (χ2n) is 9.76. The molecule has 1 aromatic heterocycles. The molecule has 2 aliphatic heterocycles. The lowest BCUT2D eigenvalue weighted by molar-refractivity contribution is -0.125. The molecule has 1 aliphatic carbocycles. The number of hydrogen-bond donors (Lipinski definition) is 2. The molecule has 2 fully saturated rings. The van der Waals surface area contributed by atoms with Gasteiger partial charge in [-0.1, -0.05) is 25.0 Å². The Labute approximate surface area is 203 Å². The number of urea groups is 1. The number of rotatable bonds is 4. The van der Waals surface area contributed by atoms with Crippen molar-refractivity contribution < 1.29 is 19.1 Å². The van der Waals surface area contributed by atoms with Crippen LogP contribution in [0.2, 0.25) is 0 Å². The summed E-state index contributed by atoms with van der Waals surface area (Å²) in [4.78, 5) is 47.1. The quantitative estimate of drug-likeness (QED) is 0.559. The first-order valence-corrected chi connectivity index (χ1v) is 12.2. The van der Waals surface area contributed by atoms with E-state index in [4.69, 9.17) is 4.74 Å². The number of H-pyrrole nitrogens is 1. The van der Waals surface area contributed by atoms with E-state index < -0.39 is 11.6 Å². The van der Waals surface area contributed by atoms with E-state index in [1.807, 2.05) is 18.2 Å². The molecule has 4 amide bonds. The average molecular weight is 473 g/mol. The first-order valence-electron chi connectivity index (χ1n) is 12.2. The number of fused-ring (bicyclic) bond motifs is 5. The first kappa shape index (κ1) is 21.7. The molecular formula is C27H28N4O4. The molecule has 2 aromatic carbocycles. The van der Waals surface area contributed by atoms with Crippen LogP contribution in [-0.2, 0) is 16.8 Å². The summed E-state index contributed by atoms with van der Waals surface area (Å²) < 4.78 is 5.40. The van der Waals surface area contributed by atoms with Crippen LogP contribution in [0.25, 0.3) is 10.9 Å². The second kappa shape index (κ2) is 7.86. The third-order valence-corrected chi connectivity index (χ3v) is 7.85. The Morgan fingerprint density at radius 2 is 1.91 bits per heavy atom. The highest BCUT2D eigenvalue weighted by atomic mass is 16.5. The highest BCUT2D eigenvalue weighted by Crippen LogP contribution is 2.46. The molecule has 0 radical (unpaired) electrons. The fourth-order valence-electron chi connectivity index (χ4n) is 5.95. The van der Waals surface area contributed by atoms with E-state index in [-0.39, 0.29) is 17.9 Å². The fourth-order valence-corrected chi connectivity index (χ4v) is 5.95. The minimum absolute atomic E-state index is 0.135. The maximum atomic E-state index is 14.0. The minimum atomic E-state index is -1.19. The molecule has 6 rings (SSSR count). The summed E-state index contributed by atoms with van der Waals surface area (Å²) in [6, 6.07) is 12.4. The fraction of sp³-hybridized carbons (Fsp3) is 0.370. The van der Waals surface area contributed by atoms with Gasteiger partial charge in [0.25, 0.3) is 11.8 Å². The molecule has 3 aliphatic rings. The smallest absolute Gasteiger partial charge is 0.332 e. The number of imide groups is 1. The van der Waals surface area contributed by atoms with Gasteiger partial charge in [-0.25, -0.2) is 9.69 Å². The van der Waals surface area contributed by atoms with E-state index in [9.17, 15) is 14.4 Å². The summed E-state index contributed by atoms with van der Waals surface area (Å²) in [5.41, 5.74) is 2.12. The molecule has 1 saturated carbocycles. The normalized spacial score (nSPS) is 22.0. The maximum absolute atomic E-state index is 14.0. The van der Waals surface area contributed by atoms with E-state index in [0.29, 0.717) is 24.2 Å². The molecular weight excluding hydrogens is 444 g/mol. The lowest BCUT2D eigenvalue weighted by atomic mass is 9.87. The number of aromatic amines is 1. The van der Waals surface area contributed by atoms with Gasteiger partial charge in [0.1, 0.15) is 5.75 Å². The Kier molecular flexibility index (Phi) is 4.88. The first-order chi connectivity index (χ1) is 16.9. The highest BCUT2D eigenvalue weighted by Gasteiger charge is 2.59. The van der Waals surface area contributed by atoms with Crippen LogP contribution in [0.3, 0.4) is 0 Å². The van der Waals surface area contributed by atoms with Gasteiger partial charge in [-0.15, -0.1) is 0 Å². The van der Waals surface area contributed by atoms with Crippen molar-refractivity contribution in [3.05, 3.63) is 59.3 Å². The second-order valence-corrected chi connectivity index (χ2v) is 9.76. The number of benzene rings is 2. The number of anilines is 1. The molecule has 1 unspecified atom stereocenters. The molecule has 8 heteroatoms. The van der Waals surface area contributed by atoms with Crippen molar-refractivity contribution in [1.82, 2.24) is 15.2 Å². The number of hydrogen-bond acceptors (Lipinski definition) is 4.